The quantitative estimate of drug-likeness (QED) is 0.871. The molecule has 1 aliphatic heterocycles. The number of methoxy groups -OCH3 is 1. The van der Waals surface area contributed by atoms with Gasteiger partial charge in [0.15, 0.2) is 5.56 Å². The van der Waals surface area contributed by atoms with Crippen LogP contribution in [0.1, 0.15) is 27.0 Å². The van der Waals surface area contributed by atoms with E-state index in [4.69, 9.17) is 15.2 Å². The molecule has 1 aromatic carbocycles. The van der Waals surface area contributed by atoms with E-state index in [0.717, 1.165) is 17.1 Å². The van der Waals surface area contributed by atoms with Crippen LogP contribution in [0.5, 0.6) is 5.88 Å². The highest BCUT2D eigenvalue weighted by Crippen LogP contribution is 2.29. The van der Waals surface area contributed by atoms with Gasteiger partial charge < -0.3 is 19.9 Å². The molecular formula is C14H14N2O4S. The van der Waals surface area contributed by atoms with E-state index < -0.39 is 5.97 Å². The van der Waals surface area contributed by atoms with Crippen LogP contribution in [0, 0.1) is 0 Å². The first kappa shape index (κ1) is 13.8. The van der Waals surface area contributed by atoms with Crippen LogP contribution in [-0.4, -0.2) is 17.5 Å². The van der Waals surface area contributed by atoms with Crippen molar-refractivity contribution >= 4 is 22.5 Å². The van der Waals surface area contributed by atoms with E-state index in [-0.39, 0.29) is 11.4 Å². The number of nitrogens with zero attached hydrogens (tertiary/aromatic N) is 1. The van der Waals surface area contributed by atoms with Crippen molar-refractivity contribution in [2.75, 3.05) is 12.8 Å². The van der Waals surface area contributed by atoms with Gasteiger partial charge in [0.1, 0.15) is 11.6 Å². The third-order valence-electron chi connectivity index (χ3n) is 3.24. The van der Waals surface area contributed by atoms with Crippen molar-refractivity contribution in [2.45, 2.75) is 19.8 Å². The molecule has 0 aliphatic carbocycles. The average molecular weight is 306 g/mol. The van der Waals surface area contributed by atoms with E-state index in [1.807, 2.05) is 18.2 Å². The highest BCUT2D eigenvalue weighted by Gasteiger charge is 2.21. The summed E-state index contributed by atoms with van der Waals surface area (Å²) in [5.74, 6) is -0.334. The maximum absolute atomic E-state index is 11.6. The smallest absolute Gasteiger partial charge is 0.346 e. The molecule has 0 radical (unpaired) electrons. The first-order valence-corrected chi connectivity index (χ1v) is 7.11. The van der Waals surface area contributed by atoms with Gasteiger partial charge in [-0.1, -0.05) is 12.1 Å². The number of carbonyl (C=O) groups is 1. The summed E-state index contributed by atoms with van der Waals surface area (Å²) >= 11 is 1.01. The third-order valence-corrected chi connectivity index (χ3v) is 3.90. The lowest BCUT2D eigenvalue weighted by molar-refractivity contribution is 0.0597. The molecule has 0 saturated heterocycles. The minimum absolute atomic E-state index is 0.187. The van der Waals surface area contributed by atoms with E-state index in [9.17, 15) is 4.79 Å². The average Bonchev–Trinajstić information content (AvgIpc) is 3.10. The fraction of sp³-hybridized carbons (Fsp3) is 0.286. The van der Waals surface area contributed by atoms with Crippen LogP contribution in [-0.2, 0) is 29.3 Å². The lowest BCUT2D eigenvalue weighted by Gasteiger charge is -2.07. The van der Waals surface area contributed by atoms with E-state index in [1.165, 1.54) is 18.2 Å². The van der Waals surface area contributed by atoms with Gasteiger partial charge in [0, 0.05) is 0 Å². The molecule has 110 valence electrons. The Morgan fingerprint density at radius 2 is 2.24 bits per heavy atom. The molecule has 0 atom stereocenters. The molecule has 7 heteroatoms. The molecule has 21 heavy (non-hydrogen) atoms. The topological polar surface area (TPSA) is 83.7 Å². The molecule has 6 nitrogen and oxygen atoms in total. The van der Waals surface area contributed by atoms with Gasteiger partial charge >= 0.3 is 5.97 Å². The normalized spacial score (nSPS) is 13.0. The van der Waals surface area contributed by atoms with Crippen LogP contribution < -0.4 is 10.5 Å². The molecule has 0 fully saturated rings. The van der Waals surface area contributed by atoms with E-state index >= 15 is 0 Å². The van der Waals surface area contributed by atoms with E-state index in [1.54, 1.807) is 0 Å². The Hall–Kier alpha value is -2.12. The highest BCUT2D eigenvalue weighted by atomic mass is 32.1. The molecule has 2 heterocycles. The molecule has 0 saturated carbocycles. The highest BCUT2D eigenvalue weighted by molar-refractivity contribution is 7.10. The SMILES string of the molecule is COC(=O)c1c(OCc2ccc3c(c2)COC3)nsc1N. The van der Waals surface area contributed by atoms with Crippen molar-refractivity contribution in [1.82, 2.24) is 4.37 Å². The second kappa shape index (κ2) is 5.71. The van der Waals surface area contributed by atoms with Gasteiger partial charge in [0.2, 0.25) is 5.88 Å². The standard InChI is InChI=1S/C14H14N2O4S/c1-18-14(17)11-12(15)21-16-13(11)20-5-8-2-3-9-6-19-7-10(9)4-8/h2-4H,5-7,15H2,1H3. The minimum atomic E-state index is -0.543. The van der Waals surface area contributed by atoms with Gasteiger partial charge in [-0.3, -0.25) is 0 Å². The first-order valence-electron chi connectivity index (χ1n) is 6.33. The van der Waals surface area contributed by atoms with E-state index in [0.29, 0.717) is 24.8 Å². The zero-order chi connectivity index (χ0) is 14.8. The summed E-state index contributed by atoms with van der Waals surface area (Å²) in [7, 11) is 1.30. The second-order valence-electron chi connectivity index (χ2n) is 4.60. The Morgan fingerprint density at radius 3 is 3.05 bits per heavy atom. The monoisotopic (exact) mass is 306 g/mol. The first-order chi connectivity index (χ1) is 10.2. The number of carbonyl (C=O) groups excluding carboxylic acids is 1. The summed E-state index contributed by atoms with van der Waals surface area (Å²) in [6.45, 7) is 1.59. The Kier molecular flexibility index (Phi) is 3.76. The van der Waals surface area contributed by atoms with Crippen molar-refractivity contribution in [3.8, 4) is 5.88 Å². The molecular weight excluding hydrogens is 292 g/mol. The molecule has 0 spiro atoms. The molecule has 3 rings (SSSR count). The summed E-state index contributed by atoms with van der Waals surface area (Å²) in [4.78, 5) is 11.6. The van der Waals surface area contributed by atoms with Crippen LogP contribution in [0.25, 0.3) is 0 Å². The molecule has 1 aliphatic rings. The number of hydrogen-bond donors (Lipinski definition) is 1. The van der Waals surface area contributed by atoms with Crippen LogP contribution in [0.3, 0.4) is 0 Å². The Balaban J connectivity index is 1.75. The van der Waals surface area contributed by atoms with Gasteiger partial charge in [0.25, 0.3) is 0 Å². The summed E-state index contributed by atoms with van der Waals surface area (Å²) in [6.07, 6.45) is 0. The maximum atomic E-state index is 11.6. The summed E-state index contributed by atoms with van der Waals surface area (Å²) in [5.41, 5.74) is 9.26. The number of aromatic nitrogens is 1. The number of fused-ring (bicyclic) bond motifs is 1. The number of nitrogens with two attached hydrogens (primary N) is 1. The van der Waals surface area contributed by atoms with Gasteiger partial charge in [-0.2, -0.15) is 4.37 Å². The van der Waals surface area contributed by atoms with Crippen molar-refractivity contribution < 1.29 is 19.0 Å². The number of nitrogen functional groups attached to an aromatic ring is 1. The van der Waals surface area contributed by atoms with Gasteiger partial charge in [-0.05, 0) is 34.3 Å². The zero-order valence-corrected chi connectivity index (χ0v) is 12.2. The number of hydrogen-bond acceptors (Lipinski definition) is 7. The fourth-order valence-electron chi connectivity index (χ4n) is 2.14. The summed E-state index contributed by atoms with van der Waals surface area (Å²) in [5, 5.41) is 0.291. The van der Waals surface area contributed by atoms with Crippen molar-refractivity contribution in [3.05, 3.63) is 40.5 Å². The lowest BCUT2D eigenvalue weighted by atomic mass is 10.1. The van der Waals surface area contributed by atoms with Crippen LogP contribution in [0.4, 0.5) is 5.00 Å². The number of esters is 1. The Bertz CT molecular complexity index is 684. The molecule has 0 unspecified atom stereocenters. The Morgan fingerprint density at radius 1 is 1.43 bits per heavy atom. The number of rotatable bonds is 4. The van der Waals surface area contributed by atoms with Gasteiger partial charge in [-0.15, -0.1) is 0 Å². The third kappa shape index (κ3) is 2.70. The van der Waals surface area contributed by atoms with Crippen LogP contribution >= 0.6 is 11.5 Å². The van der Waals surface area contributed by atoms with Crippen molar-refractivity contribution in [2.24, 2.45) is 0 Å². The molecule has 1 aromatic heterocycles. The Labute approximate surface area is 125 Å². The number of anilines is 1. The zero-order valence-electron chi connectivity index (χ0n) is 11.4. The van der Waals surface area contributed by atoms with E-state index in [2.05, 4.69) is 9.11 Å². The fourth-order valence-corrected chi connectivity index (χ4v) is 2.73. The van der Waals surface area contributed by atoms with Gasteiger partial charge in [0.05, 0.1) is 20.3 Å². The molecule has 2 aromatic rings. The molecule has 2 N–H and O–H groups in total. The largest absolute Gasteiger partial charge is 0.472 e. The summed E-state index contributed by atoms with van der Waals surface area (Å²) < 4.78 is 19.7. The maximum Gasteiger partial charge on any atom is 0.346 e. The van der Waals surface area contributed by atoms with Gasteiger partial charge in [-0.25, -0.2) is 4.79 Å². The van der Waals surface area contributed by atoms with Crippen LogP contribution in [0.15, 0.2) is 18.2 Å². The van der Waals surface area contributed by atoms with Crippen LogP contribution in [0.2, 0.25) is 0 Å². The predicted octanol–water partition coefficient (Wildman–Crippen LogP) is 2.12. The predicted molar refractivity (Wildman–Crippen MR) is 77.1 cm³/mol. The minimum Gasteiger partial charge on any atom is -0.472 e. The van der Waals surface area contributed by atoms with Crippen molar-refractivity contribution in [3.63, 3.8) is 0 Å². The summed E-state index contributed by atoms with van der Waals surface area (Å²) in [6, 6.07) is 6.04. The lowest BCUT2D eigenvalue weighted by Crippen LogP contribution is -2.06. The second-order valence-corrected chi connectivity index (χ2v) is 5.41. The molecule has 0 bridgehead atoms. The van der Waals surface area contributed by atoms with Crippen molar-refractivity contribution in [1.29, 1.82) is 0 Å². The number of benzene rings is 1. The molecule has 0 amide bonds. The number of ether oxygens (including phenoxy) is 3.